The summed E-state index contributed by atoms with van der Waals surface area (Å²) in [5, 5.41) is 25.9. The van der Waals surface area contributed by atoms with Crippen molar-refractivity contribution in [3.8, 4) is 0 Å². The minimum atomic E-state index is -1.47. The number of nitrogens with two attached hydrogens (primary N) is 3. The Morgan fingerprint density at radius 2 is 1.26 bits per heavy atom. The second kappa shape index (κ2) is 14.8. The zero-order chi connectivity index (χ0) is 26.6. The molecule has 0 aromatic heterocycles. The molecule has 11 N–H and O–H groups in total. The molecule has 0 aliphatic carbocycles. The van der Waals surface area contributed by atoms with Crippen LogP contribution < -0.4 is 33.2 Å². The maximum Gasteiger partial charge on any atom is 0.326 e. The molecular formula is C20H36N6O8. The zero-order valence-electron chi connectivity index (χ0n) is 19.6. The fraction of sp³-hybridized carbons (Fsp3) is 0.700. The van der Waals surface area contributed by atoms with Crippen molar-refractivity contribution in [1.29, 1.82) is 0 Å². The minimum absolute atomic E-state index is 0.247. The summed E-state index contributed by atoms with van der Waals surface area (Å²) >= 11 is 0. The highest BCUT2D eigenvalue weighted by molar-refractivity contribution is 5.94. The summed E-state index contributed by atoms with van der Waals surface area (Å²) in [5.41, 5.74) is 15.8. The first-order valence-electron chi connectivity index (χ1n) is 10.8. The van der Waals surface area contributed by atoms with Gasteiger partial charge in [-0.25, -0.2) is 4.79 Å². The number of amides is 5. The molecule has 6 unspecified atom stereocenters. The topological polar surface area (TPSA) is 257 Å². The number of carboxylic acid groups (broad SMARTS) is 1. The van der Waals surface area contributed by atoms with Crippen LogP contribution in [0.25, 0.3) is 0 Å². The molecule has 0 aromatic carbocycles. The van der Waals surface area contributed by atoms with Gasteiger partial charge in [0.1, 0.15) is 24.2 Å². The molecule has 34 heavy (non-hydrogen) atoms. The number of aliphatic hydroxyl groups excluding tert-OH is 1. The van der Waals surface area contributed by atoms with Crippen molar-refractivity contribution in [3.63, 3.8) is 0 Å². The Morgan fingerprint density at radius 1 is 0.794 bits per heavy atom. The molecule has 6 atom stereocenters. The Morgan fingerprint density at radius 3 is 1.68 bits per heavy atom. The Labute approximate surface area is 197 Å². The molecule has 0 spiro atoms. The van der Waals surface area contributed by atoms with Crippen LogP contribution in [0.5, 0.6) is 0 Å². The van der Waals surface area contributed by atoms with E-state index in [9.17, 15) is 39.0 Å². The van der Waals surface area contributed by atoms with Crippen molar-refractivity contribution < 1.29 is 39.0 Å². The predicted octanol–water partition coefficient (Wildman–Crippen LogP) is -3.19. The Kier molecular flexibility index (Phi) is 13.4. The van der Waals surface area contributed by atoms with Crippen LogP contribution >= 0.6 is 0 Å². The largest absolute Gasteiger partial charge is 0.480 e. The number of carbonyl (C=O) groups is 6. The van der Waals surface area contributed by atoms with E-state index in [1.54, 1.807) is 13.8 Å². The van der Waals surface area contributed by atoms with Crippen LogP contribution in [0.1, 0.15) is 52.9 Å². The number of carboxylic acids is 1. The van der Waals surface area contributed by atoms with Gasteiger partial charge < -0.3 is 43.4 Å². The van der Waals surface area contributed by atoms with Crippen LogP contribution in [0.15, 0.2) is 0 Å². The molecule has 5 amide bonds. The van der Waals surface area contributed by atoms with Crippen LogP contribution in [-0.4, -0.2) is 76.0 Å². The lowest BCUT2D eigenvalue weighted by Gasteiger charge is -2.28. The van der Waals surface area contributed by atoms with E-state index in [1.165, 1.54) is 6.92 Å². The summed E-state index contributed by atoms with van der Waals surface area (Å²) in [4.78, 5) is 71.6. The molecule has 0 aliphatic rings. The number of primary amides is 2. The molecule has 0 bridgehead atoms. The third-order valence-corrected chi connectivity index (χ3v) is 5.22. The van der Waals surface area contributed by atoms with Gasteiger partial charge in [0.2, 0.25) is 29.5 Å². The van der Waals surface area contributed by atoms with Crippen molar-refractivity contribution in [2.45, 2.75) is 83.1 Å². The van der Waals surface area contributed by atoms with Crippen molar-refractivity contribution in [2.24, 2.45) is 23.1 Å². The zero-order valence-corrected chi connectivity index (χ0v) is 19.6. The molecule has 0 saturated carbocycles. The highest BCUT2D eigenvalue weighted by Gasteiger charge is 2.33. The van der Waals surface area contributed by atoms with Gasteiger partial charge in [-0.2, -0.15) is 0 Å². The van der Waals surface area contributed by atoms with Gasteiger partial charge >= 0.3 is 5.97 Å². The first-order chi connectivity index (χ1) is 15.7. The first kappa shape index (κ1) is 30.7. The predicted molar refractivity (Wildman–Crippen MR) is 119 cm³/mol. The third-order valence-electron chi connectivity index (χ3n) is 5.22. The van der Waals surface area contributed by atoms with E-state index in [4.69, 9.17) is 17.2 Å². The summed E-state index contributed by atoms with van der Waals surface area (Å²) in [6.07, 6.45) is -1.86. The summed E-state index contributed by atoms with van der Waals surface area (Å²) in [6.45, 7) is 4.74. The highest BCUT2D eigenvalue weighted by Crippen LogP contribution is 2.10. The Hall–Kier alpha value is -3.26. The van der Waals surface area contributed by atoms with Gasteiger partial charge in [-0.15, -0.1) is 0 Å². The molecule has 194 valence electrons. The monoisotopic (exact) mass is 488 g/mol. The van der Waals surface area contributed by atoms with Crippen molar-refractivity contribution >= 4 is 35.5 Å². The molecule has 0 radical (unpaired) electrons. The number of rotatable bonds is 16. The average molecular weight is 489 g/mol. The van der Waals surface area contributed by atoms with Crippen LogP contribution in [0, 0.1) is 5.92 Å². The molecule has 0 aromatic rings. The van der Waals surface area contributed by atoms with Crippen LogP contribution in [-0.2, 0) is 28.8 Å². The van der Waals surface area contributed by atoms with E-state index in [1.807, 2.05) is 0 Å². The summed E-state index contributed by atoms with van der Waals surface area (Å²) in [5.74, 6) is -5.85. The Bertz CT molecular complexity index is 759. The van der Waals surface area contributed by atoms with Gasteiger partial charge in [-0.05, 0) is 25.7 Å². The van der Waals surface area contributed by atoms with Crippen LogP contribution in [0.4, 0.5) is 0 Å². The standard InChI is InChI=1S/C20H36N6O8/c1-4-9(2)16(26-18(31)15(23)10(3)27)19(32)24-11(5-7-13(21)28)17(30)25-12(20(33)34)6-8-14(22)29/h9-12,15-16,27H,4-8,23H2,1-3H3,(H2,21,28)(H2,22,29)(H,24,32)(H,25,30)(H,26,31)(H,33,34). The summed E-state index contributed by atoms with van der Waals surface area (Å²) in [6, 6.07) is -5.28. The summed E-state index contributed by atoms with van der Waals surface area (Å²) < 4.78 is 0. The number of hydrogen-bond acceptors (Lipinski definition) is 8. The number of nitrogens with one attached hydrogen (secondary N) is 3. The van der Waals surface area contributed by atoms with Crippen LogP contribution in [0.2, 0.25) is 0 Å². The lowest BCUT2D eigenvalue weighted by Crippen LogP contribution is -2.59. The molecule has 0 heterocycles. The van der Waals surface area contributed by atoms with E-state index in [-0.39, 0.29) is 25.7 Å². The van der Waals surface area contributed by atoms with E-state index >= 15 is 0 Å². The lowest BCUT2D eigenvalue weighted by atomic mass is 9.96. The average Bonchev–Trinajstić information content (AvgIpc) is 2.75. The molecular weight excluding hydrogens is 452 g/mol. The minimum Gasteiger partial charge on any atom is -0.480 e. The van der Waals surface area contributed by atoms with Crippen molar-refractivity contribution in [3.05, 3.63) is 0 Å². The molecule has 14 heteroatoms. The van der Waals surface area contributed by atoms with Gasteiger partial charge in [0.05, 0.1) is 6.10 Å². The van der Waals surface area contributed by atoms with Gasteiger partial charge in [0.25, 0.3) is 0 Å². The molecule has 0 aliphatic heterocycles. The number of aliphatic carboxylic acids is 1. The lowest BCUT2D eigenvalue weighted by molar-refractivity contribution is -0.143. The van der Waals surface area contributed by atoms with E-state index < -0.39 is 71.7 Å². The number of aliphatic hydroxyl groups is 1. The van der Waals surface area contributed by atoms with Crippen molar-refractivity contribution in [1.82, 2.24) is 16.0 Å². The van der Waals surface area contributed by atoms with E-state index in [0.29, 0.717) is 6.42 Å². The van der Waals surface area contributed by atoms with Gasteiger partial charge in [0, 0.05) is 12.8 Å². The van der Waals surface area contributed by atoms with Crippen LogP contribution in [0.3, 0.4) is 0 Å². The third kappa shape index (κ3) is 11.0. The fourth-order valence-corrected chi connectivity index (χ4v) is 2.80. The number of hydrogen-bond donors (Lipinski definition) is 8. The highest BCUT2D eigenvalue weighted by atomic mass is 16.4. The quantitative estimate of drug-likeness (QED) is 0.109. The first-order valence-corrected chi connectivity index (χ1v) is 10.8. The normalized spacial score (nSPS) is 16.1. The molecule has 0 saturated heterocycles. The van der Waals surface area contributed by atoms with Gasteiger partial charge in [-0.1, -0.05) is 20.3 Å². The van der Waals surface area contributed by atoms with E-state index in [0.717, 1.165) is 0 Å². The second-order valence-electron chi connectivity index (χ2n) is 8.11. The maximum atomic E-state index is 13.0. The maximum absolute atomic E-state index is 13.0. The van der Waals surface area contributed by atoms with E-state index in [2.05, 4.69) is 16.0 Å². The SMILES string of the molecule is CCC(C)C(NC(=O)C(N)C(C)O)C(=O)NC(CCC(N)=O)C(=O)NC(CCC(N)=O)C(=O)O. The smallest absolute Gasteiger partial charge is 0.326 e. The van der Waals surface area contributed by atoms with Gasteiger partial charge in [-0.3, -0.25) is 24.0 Å². The van der Waals surface area contributed by atoms with Gasteiger partial charge in [0.15, 0.2) is 0 Å². The second-order valence-corrected chi connectivity index (χ2v) is 8.11. The number of carbonyl (C=O) groups excluding carboxylic acids is 5. The molecule has 0 rings (SSSR count). The molecule has 14 nitrogen and oxygen atoms in total. The Balaban J connectivity index is 5.64. The summed E-state index contributed by atoms with van der Waals surface area (Å²) in [7, 11) is 0. The fourth-order valence-electron chi connectivity index (χ4n) is 2.80. The molecule has 0 fully saturated rings. The van der Waals surface area contributed by atoms with Crippen molar-refractivity contribution in [2.75, 3.05) is 0 Å².